The van der Waals surface area contributed by atoms with Gasteiger partial charge in [0.2, 0.25) is 0 Å². The summed E-state index contributed by atoms with van der Waals surface area (Å²) in [5.74, 6) is 0.297. The van der Waals surface area contributed by atoms with Crippen LogP contribution in [-0.2, 0) is 11.2 Å². The SMILES string of the molecule is O=CCc1cc(I)c(O)c(I)c1. The monoisotopic (exact) mass is 388 g/mol. The second-order valence-electron chi connectivity index (χ2n) is 2.28. The molecule has 0 fully saturated rings. The Kier molecular flexibility index (Phi) is 3.76. The van der Waals surface area contributed by atoms with Crippen molar-refractivity contribution in [3.8, 4) is 5.75 Å². The van der Waals surface area contributed by atoms with Gasteiger partial charge in [0.15, 0.2) is 0 Å². The molecule has 0 aromatic heterocycles. The number of aldehydes is 1. The van der Waals surface area contributed by atoms with Crippen LogP contribution in [0.25, 0.3) is 0 Å². The Balaban J connectivity index is 3.11. The van der Waals surface area contributed by atoms with E-state index in [4.69, 9.17) is 0 Å². The molecule has 0 atom stereocenters. The number of phenolic OH excluding ortho intramolecular Hbond substituents is 1. The first-order valence-electron chi connectivity index (χ1n) is 3.25. The molecule has 0 heterocycles. The molecule has 1 aromatic rings. The molecule has 1 aromatic carbocycles. The van der Waals surface area contributed by atoms with Crippen LogP contribution in [0.4, 0.5) is 0 Å². The third-order valence-electron chi connectivity index (χ3n) is 1.40. The van der Waals surface area contributed by atoms with Crippen LogP contribution in [0, 0.1) is 7.14 Å². The van der Waals surface area contributed by atoms with Crippen LogP contribution in [0.2, 0.25) is 0 Å². The summed E-state index contributed by atoms with van der Waals surface area (Å²) in [6, 6.07) is 3.62. The van der Waals surface area contributed by atoms with Crippen molar-refractivity contribution in [2.24, 2.45) is 0 Å². The first-order chi connectivity index (χ1) is 5.65. The summed E-state index contributed by atoms with van der Waals surface area (Å²) in [6.07, 6.45) is 1.27. The fourth-order valence-corrected chi connectivity index (χ4v) is 2.73. The van der Waals surface area contributed by atoms with Crippen molar-refractivity contribution < 1.29 is 9.90 Å². The van der Waals surface area contributed by atoms with Gasteiger partial charge in [0, 0.05) is 6.42 Å². The predicted octanol–water partition coefficient (Wildman–Crippen LogP) is 2.34. The summed E-state index contributed by atoms with van der Waals surface area (Å²) in [4.78, 5) is 10.2. The Hall–Kier alpha value is 0.150. The molecular weight excluding hydrogens is 382 g/mol. The zero-order chi connectivity index (χ0) is 9.14. The number of benzene rings is 1. The van der Waals surface area contributed by atoms with Crippen molar-refractivity contribution in [3.05, 3.63) is 24.8 Å². The first kappa shape index (κ1) is 10.2. The maximum Gasteiger partial charge on any atom is 0.142 e. The molecule has 12 heavy (non-hydrogen) atoms. The van der Waals surface area contributed by atoms with E-state index in [-0.39, 0.29) is 0 Å². The molecule has 64 valence electrons. The van der Waals surface area contributed by atoms with Gasteiger partial charge in [-0.3, -0.25) is 0 Å². The number of aromatic hydroxyl groups is 1. The van der Waals surface area contributed by atoms with Crippen LogP contribution in [0.1, 0.15) is 5.56 Å². The minimum Gasteiger partial charge on any atom is -0.506 e. The van der Waals surface area contributed by atoms with E-state index in [1.54, 1.807) is 0 Å². The molecule has 0 bridgehead atoms. The van der Waals surface area contributed by atoms with Crippen LogP contribution in [0.5, 0.6) is 5.75 Å². The molecule has 4 heteroatoms. The topological polar surface area (TPSA) is 37.3 Å². The van der Waals surface area contributed by atoms with Gasteiger partial charge < -0.3 is 9.90 Å². The minimum absolute atomic E-state index is 0.297. The number of carbonyl (C=O) groups is 1. The second kappa shape index (κ2) is 4.40. The van der Waals surface area contributed by atoms with E-state index < -0.39 is 0 Å². The summed E-state index contributed by atoms with van der Waals surface area (Å²) in [5.41, 5.74) is 0.941. The molecule has 0 aliphatic rings. The molecule has 0 amide bonds. The Bertz CT molecular complexity index is 287. The molecule has 0 unspecified atom stereocenters. The lowest BCUT2D eigenvalue weighted by atomic mass is 10.2. The van der Waals surface area contributed by atoms with Crippen LogP contribution < -0.4 is 0 Å². The van der Waals surface area contributed by atoms with Gasteiger partial charge in [-0.15, -0.1) is 0 Å². The van der Waals surface area contributed by atoms with Gasteiger partial charge in [-0.25, -0.2) is 0 Å². The van der Waals surface area contributed by atoms with Crippen molar-refractivity contribution in [3.63, 3.8) is 0 Å². The van der Waals surface area contributed by atoms with Gasteiger partial charge in [0.05, 0.1) is 7.14 Å². The van der Waals surface area contributed by atoms with E-state index in [0.29, 0.717) is 12.2 Å². The number of halogens is 2. The minimum atomic E-state index is 0.297. The number of rotatable bonds is 2. The third kappa shape index (κ3) is 2.32. The largest absolute Gasteiger partial charge is 0.506 e. The quantitative estimate of drug-likeness (QED) is 0.624. The highest BCUT2D eigenvalue weighted by molar-refractivity contribution is 14.1. The molecule has 1 rings (SSSR count). The molecule has 2 nitrogen and oxygen atoms in total. The van der Waals surface area contributed by atoms with Crippen molar-refractivity contribution in [2.75, 3.05) is 0 Å². The van der Waals surface area contributed by atoms with Crippen LogP contribution in [-0.4, -0.2) is 11.4 Å². The van der Waals surface area contributed by atoms with Crippen molar-refractivity contribution >= 4 is 51.5 Å². The molecule has 0 saturated carbocycles. The maximum absolute atomic E-state index is 10.2. The summed E-state index contributed by atoms with van der Waals surface area (Å²) < 4.78 is 1.58. The summed E-state index contributed by atoms with van der Waals surface area (Å²) in [6.45, 7) is 0. The molecule has 1 N–H and O–H groups in total. The lowest BCUT2D eigenvalue weighted by Crippen LogP contribution is -1.89. The third-order valence-corrected chi connectivity index (χ3v) is 3.04. The highest BCUT2D eigenvalue weighted by Gasteiger charge is 2.04. The lowest BCUT2D eigenvalue weighted by molar-refractivity contribution is -0.107. The molecule has 0 saturated heterocycles. The van der Waals surface area contributed by atoms with E-state index in [9.17, 15) is 9.90 Å². The van der Waals surface area contributed by atoms with Crippen LogP contribution in [0.15, 0.2) is 12.1 Å². The lowest BCUT2D eigenvalue weighted by Gasteiger charge is -2.02. The van der Waals surface area contributed by atoms with Crippen molar-refractivity contribution in [1.29, 1.82) is 0 Å². The Morgan fingerprint density at radius 1 is 1.33 bits per heavy atom. The fourth-order valence-electron chi connectivity index (χ4n) is 0.832. The highest BCUT2D eigenvalue weighted by atomic mass is 127. The number of hydrogen-bond donors (Lipinski definition) is 1. The fraction of sp³-hybridized carbons (Fsp3) is 0.125. The summed E-state index contributed by atoms with van der Waals surface area (Å²) >= 11 is 4.09. The molecule has 0 aliphatic carbocycles. The summed E-state index contributed by atoms with van der Waals surface area (Å²) in [7, 11) is 0. The molecule has 0 aliphatic heterocycles. The Labute approximate surface area is 97.6 Å². The van der Waals surface area contributed by atoms with E-state index in [1.807, 2.05) is 57.3 Å². The van der Waals surface area contributed by atoms with Gasteiger partial charge in [0.25, 0.3) is 0 Å². The second-order valence-corrected chi connectivity index (χ2v) is 4.60. The summed E-state index contributed by atoms with van der Waals surface area (Å²) in [5, 5.41) is 9.40. The van der Waals surface area contributed by atoms with Gasteiger partial charge in [-0.1, -0.05) is 0 Å². The standard InChI is InChI=1S/C8H6I2O2/c9-6-3-5(1-2-11)4-7(10)8(6)12/h2-4,12H,1H2. The normalized spacial score (nSPS) is 9.83. The number of carbonyl (C=O) groups excluding carboxylic acids is 1. The highest BCUT2D eigenvalue weighted by Crippen LogP contribution is 2.27. The van der Waals surface area contributed by atoms with E-state index in [2.05, 4.69) is 0 Å². The van der Waals surface area contributed by atoms with Crippen molar-refractivity contribution in [2.45, 2.75) is 6.42 Å². The zero-order valence-electron chi connectivity index (χ0n) is 6.05. The average molecular weight is 388 g/mol. The van der Waals surface area contributed by atoms with E-state index in [1.165, 1.54) is 0 Å². The number of hydrogen-bond acceptors (Lipinski definition) is 2. The van der Waals surface area contributed by atoms with Gasteiger partial charge in [0.1, 0.15) is 12.0 Å². The predicted molar refractivity (Wildman–Crippen MR) is 63.3 cm³/mol. The molecule has 0 spiro atoms. The van der Waals surface area contributed by atoms with Gasteiger partial charge in [-0.05, 0) is 62.9 Å². The Morgan fingerprint density at radius 2 is 1.83 bits per heavy atom. The van der Waals surface area contributed by atoms with E-state index >= 15 is 0 Å². The zero-order valence-corrected chi connectivity index (χ0v) is 10.4. The molecular formula is C8H6I2O2. The van der Waals surface area contributed by atoms with Crippen LogP contribution in [0.3, 0.4) is 0 Å². The van der Waals surface area contributed by atoms with E-state index in [0.717, 1.165) is 19.0 Å². The van der Waals surface area contributed by atoms with Crippen molar-refractivity contribution in [1.82, 2.24) is 0 Å². The Morgan fingerprint density at radius 3 is 2.25 bits per heavy atom. The average Bonchev–Trinajstić information content (AvgIpc) is 2.01. The number of phenols is 1. The van der Waals surface area contributed by atoms with Gasteiger partial charge in [-0.2, -0.15) is 0 Å². The molecule has 0 radical (unpaired) electrons. The van der Waals surface area contributed by atoms with Crippen LogP contribution >= 0.6 is 45.2 Å². The maximum atomic E-state index is 10.2. The smallest absolute Gasteiger partial charge is 0.142 e. The first-order valence-corrected chi connectivity index (χ1v) is 5.41. The van der Waals surface area contributed by atoms with Gasteiger partial charge >= 0.3 is 0 Å².